The van der Waals surface area contributed by atoms with Crippen molar-refractivity contribution in [2.24, 2.45) is 0 Å². The average Bonchev–Trinajstić information content (AvgIpc) is 2.40. The van der Waals surface area contributed by atoms with Crippen LogP contribution in [0.5, 0.6) is 0 Å². The molecule has 0 spiro atoms. The molecule has 0 aliphatic rings. The van der Waals surface area contributed by atoms with E-state index in [1.807, 2.05) is 13.8 Å². The fourth-order valence-corrected chi connectivity index (χ4v) is 1.13. The first-order valence-electron chi connectivity index (χ1n) is 6.67. The number of rotatable bonds is 10. The zero-order chi connectivity index (χ0) is 17.1. The number of ether oxygens (including phenoxy) is 2. The highest BCUT2D eigenvalue weighted by Crippen LogP contribution is 2.10. The molecule has 2 heteroatoms. The molecule has 0 fully saturated rings. The third kappa shape index (κ3) is 11.1. The molecule has 22 heavy (non-hydrogen) atoms. The van der Waals surface area contributed by atoms with Gasteiger partial charge >= 0.3 is 0 Å². The Morgan fingerprint density at radius 1 is 0.500 bits per heavy atom. The lowest BCUT2D eigenvalue weighted by Crippen LogP contribution is -1.88. The van der Waals surface area contributed by atoms with Gasteiger partial charge in [0.1, 0.15) is 23.0 Å². The maximum absolute atomic E-state index is 5.39. The van der Waals surface area contributed by atoms with Crippen molar-refractivity contribution in [3.05, 3.63) is 110 Å². The fourth-order valence-electron chi connectivity index (χ4n) is 1.13. The van der Waals surface area contributed by atoms with E-state index in [0.717, 1.165) is 11.1 Å². The maximum atomic E-state index is 5.39. The summed E-state index contributed by atoms with van der Waals surface area (Å²) < 4.78 is 10.8. The van der Waals surface area contributed by atoms with Crippen molar-refractivity contribution < 1.29 is 9.47 Å². The molecule has 0 radical (unpaired) electrons. The first-order valence-corrected chi connectivity index (χ1v) is 6.67. The van der Waals surface area contributed by atoms with Gasteiger partial charge in [-0.2, -0.15) is 0 Å². The van der Waals surface area contributed by atoms with Gasteiger partial charge in [0, 0.05) is 0 Å². The van der Waals surface area contributed by atoms with Gasteiger partial charge in [-0.15, -0.1) is 0 Å². The van der Waals surface area contributed by atoms with E-state index in [2.05, 4.69) is 39.5 Å². The van der Waals surface area contributed by atoms with Crippen LogP contribution < -0.4 is 0 Å². The van der Waals surface area contributed by atoms with Crippen molar-refractivity contribution in [2.75, 3.05) is 0 Å². The second kappa shape index (κ2) is 10.1. The quantitative estimate of drug-likeness (QED) is 0.369. The van der Waals surface area contributed by atoms with Gasteiger partial charge in [0.05, 0.1) is 0 Å². The smallest absolute Gasteiger partial charge is 0.120 e. The van der Waals surface area contributed by atoms with E-state index in [-0.39, 0.29) is 0 Å². The van der Waals surface area contributed by atoms with E-state index >= 15 is 0 Å². The molecule has 0 aromatic heterocycles. The Morgan fingerprint density at radius 3 is 0.955 bits per heavy atom. The minimum absolute atomic E-state index is 0.421. The van der Waals surface area contributed by atoms with Gasteiger partial charge in [-0.3, -0.25) is 0 Å². The minimum Gasteiger partial charge on any atom is -0.459 e. The standard InChI is InChI=1S/C20H24O2/c1-15(2)9-11-17(5)21-19(7)13-14-20(8)22-18(6)12-10-16(3)4/h9-14H,1,3,5-8H2,2,4H3/b11-9-,12-10-,14-13-. The van der Waals surface area contributed by atoms with Crippen molar-refractivity contribution in [3.8, 4) is 0 Å². The molecule has 0 N–H and O–H groups in total. The van der Waals surface area contributed by atoms with Crippen LogP contribution in [0.1, 0.15) is 13.8 Å². The molecule has 0 saturated carbocycles. The highest BCUT2D eigenvalue weighted by molar-refractivity contribution is 5.25. The molecule has 0 rings (SSSR count). The molecule has 0 aromatic carbocycles. The van der Waals surface area contributed by atoms with Crippen molar-refractivity contribution in [3.63, 3.8) is 0 Å². The second-order valence-electron chi connectivity index (χ2n) is 4.76. The average molecular weight is 296 g/mol. The number of allylic oxidation sites excluding steroid dienone is 8. The molecule has 0 aromatic rings. The SMILES string of the molecule is C=C(C)/C=C\C(=C)OC(=C)/C=C\C(=C)OC(=C)/C=C\C(=C)C. The summed E-state index contributed by atoms with van der Waals surface area (Å²) in [7, 11) is 0. The lowest BCUT2D eigenvalue weighted by molar-refractivity contribution is 0.332. The summed E-state index contributed by atoms with van der Waals surface area (Å²) >= 11 is 0. The van der Waals surface area contributed by atoms with Gasteiger partial charge in [-0.05, 0) is 38.2 Å². The van der Waals surface area contributed by atoms with E-state index in [1.54, 1.807) is 36.5 Å². The summed E-state index contributed by atoms with van der Waals surface area (Å²) in [5, 5.41) is 0. The molecule has 0 atom stereocenters. The topological polar surface area (TPSA) is 18.5 Å². The predicted octanol–water partition coefficient (Wildman–Crippen LogP) is 5.90. The molecular weight excluding hydrogens is 272 g/mol. The Kier molecular flexibility index (Phi) is 8.80. The van der Waals surface area contributed by atoms with Crippen LogP contribution in [-0.2, 0) is 9.47 Å². The van der Waals surface area contributed by atoms with Crippen molar-refractivity contribution in [1.29, 1.82) is 0 Å². The zero-order valence-corrected chi connectivity index (χ0v) is 13.5. The van der Waals surface area contributed by atoms with Crippen LogP contribution in [0.3, 0.4) is 0 Å². The Bertz CT molecular complexity index is 529. The first kappa shape index (κ1) is 19.3. The minimum atomic E-state index is 0.421. The monoisotopic (exact) mass is 296 g/mol. The third-order valence-electron chi connectivity index (χ3n) is 2.09. The lowest BCUT2D eigenvalue weighted by Gasteiger charge is -2.06. The summed E-state index contributed by atoms with van der Waals surface area (Å²) in [4.78, 5) is 0. The van der Waals surface area contributed by atoms with E-state index in [9.17, 15) is 0 Å². The van der Waals surface area contributed by atoms with E-state index in [4.69, 9.17) is 9.47 Å². The molecule has 0 amide bonds. The Labute approximate surface area is 134 Å². The van der Waals surface area contributed by atoms with Crippen molar-refractivity contribution in [2.45, 2.75) is 13.8 Å². The van der Waals surface area contributed by atoms with Crippen LogP contribution in [0, 0.1) is 0 Å². The summed E-state index contributed by atoms with van der Waals surface area (Å²) in [6, 6.07) is 0. The molecular formula is C20H24O2. The van der Waals surface area contributed by atoms with Gasteiger partial charge in [-0.1, -0.05) is 62.8 Å². The summed E-state index contributed by atoms with van der Waals surface area (Å²) in [5.41, 5.74) is 1.82. The second-order valence-corrected chi connectivity index (χ2v) is 4.76. The number of hydrogen-bond acceptors (Lipinski definition) is 2. The Morgan fingerprint density at radius 2 is 0.727 bits per heavy atom. The third-order valence-corrected chi connectivity index (χ3v) is 2.09. The molecule has 0 heterocycles. The largest absolute Gasteiger partial charge is 0.459 e. The highest BCUT2D eigenvalue weighted by Gasteiger charge is 1.95. The lowest BCUT2D eigenvalue weighted by atomic mass is 10.3. The van der Waals surface area contributed by atoms with Gasteiger partial charge in [0.2, 0.25) is 0 Å². The van der Waals surface area contributed by atoms with Crippen LogP contribution >= 0.6 is 0 Å². The van der Waals surface area contributed by atoms with Gasteiger partial charge < -0.3 is 9.47 Å². The predicted molar refractivity (Wildman–Crippen MR) is 95.8 cm³/mol. The number of hydrogen-bond donors (Lipinski definition) is 0. The molecule has 116 valence electrons. The fraction of sp³-hybridized carbons (Fsp3) is 0.100. The van der Waals surface area contributed by atoms with Crippen LogP contribution in [-0.4, -0.2) is 0 Å². The Balaban J connectivity index is 4.35. The summed E-state index contributed by atoms with van der Waals surface area (Å²) in [6.45, 7) is 26.3. The van der Waals surface area contributed by atoms with E-state index in [0.29, 0.717) is 23.0 Å². The highest BCUT2D eigenvalue weighted by atomic mass is 16.5. The van der Waals surface area contributed by atoms with Crippen LogP contribution in [0.2, 0.25) is 0 Å². The molecule has 0 unspecified atom stereocenters. The van der Waals surface area contributed by atoms with Crippen molar-refractivity contribution >= 4 is 0 Å². The van der Waals surface area contributed by atoms with Gasteiger partial charge in [0.15, 0.2) is 0 Å². The zero-order valence-electron chi connectivity index (χ0n) is 13.5. The molecule has 0 aliphatic heterocycles. The van der Waals surface area contributed by atoms with Crippen LogP contribution in [0.4, 0.5) is 0 Å². The normalized spacial score (nSPS) is 10.8. The van der Waals surface area contributed by atoms with E-state index < -0.39 is 0 Å². The first-order chi connectivity index (χ1) is 10.2. The summed E-state index contributed by atoms with van der Waals surface area (Å²) in [6.07, 6.45) is 10.3. The molecule has 0 aliphatic carbocycles. The molecule has 0 saturated heterocycles. The summed E-state index contributed by atoms with van der Waals surface area (Å²) in [5.74, 6) is 1.78. The van der Waals surface area contributed by atoms with Crippen molar-refractivity contribution in [1.82, 2.24) is 0 Å². The van der Waals surface area contributed by atoms with Gasteiger partial charge in [-0.25, -0.2) is 0 Å². The van der Waals surface area contributed by atoms with Crippen LogP contribution in [0.15, 0.2) is 110 Å². The van der Waals surface area contributed by atoms with Crippen LogP contribution in [0.25, 0.3) is 0 Å². The molecule has 2 nitrogen and oxygen atoms in total. The van der Waals surface area contributed by atoms with E-state index in [1.165, 1.54) is 0 Å². The van der Waals surface area contributed by atoms with Gasteiger partial charge in [0.25, 0.3) is 0 Å². The molecule has 0 bridgehead atoms. The maximum Gasteiger partial charge on any atom is 0.120 e. The Hall–Kier alpha value is -2.74.